The number of nitrogens with one attached hydrogen (secondary N) is 1. The number of aromatic nitrogens is 1. The van der Waals surface area contributed by atoms with Crippen LogP contribution in [0.15, 0.2) is 108 Å². The summed E-state index contributed by atoms with van der Waals surface area (Å²) in [4.78, 5) is 46.2. The Labute approximate surface area is 340 Å². The summed E-state index contributed by atoms with van der Waals surface area (Å²) in [6, 6.07) is 36.8. The molecule has 3 heterocycles. The first-order valence-corrected chi connectivity index (χ1v) is 21.0. The number of carboxylic acid groups (broad SMARTS) is 1. The predicted octanol–water partition coefficient (Wildman–Crippen LogP) is 8.89. The average Bonchev–Trinajstić information content (AvgIpc) is 3.94. The van der Waals surface area contributed by atoms with Crippen molar-refractivity contribution in [1.29, 1.82) is 0 Å². The molecule has 1 saturated carbocycles. The van der Waals surface area contributed by atoms with Gasteiger partial charge < -0.3 is 15.0 Å². The Hall–Kier alpha value is -5.03. The molecule has 3 aliphatic rings. The van der Waals surface area contributed by atoms with Gasteiger partial charge in [-0.2, -0.15) is 0 Å². The van der Waals surface area contributed by atoms with Gasteiger partial charge in [0, 0.05) is 28.9 Å². The van der Waals surface area contributed by atoms with E-state index in [9.17, 15) is 19.5 Å². The van der Waals surface area contributed by atoms with E-state index in [2.05, 4.69) is 107 Å². The van der Waals surface area contributed by atoms with Gasteiger partial charge in [-0.15, -0.1) is 11.3 Å². The molecule has 2 fully saturated rings. The van der Waals surface area contributed by atoms with Crippen LogP contribution in [0.25, 0.3) is 22.6 Å². The zero-order valence-corrected chi connectivity index (χ0v) is 34.2. The number of nitrogens with zero attached hydrogens (tertiary/aromatic N) is 2. The van der Waals surface area contributed by atoms with E-state index in [1.807, 2.05) is 32.1 Å². The number of aliphatic carboxylic acids is 1. The van der Waals surface area contributed by atoms with Crippen molar-refractivity contribution in [3.8, 4) is 0 Å². The molecular weight excluding hydrogens is 755 g/mol. The van der Waals surface area contributed by atoms with Crippen molar-refractivity contribution in [2.75, 3.05) is 4.90 Å². The molecule has 2 atom stereocenters. The molecule has 2 N–H and O–H groups in total. The van der Waals surface area contributed by atoms with Gasteiger partial charge in [0.15, 0.2) is 0 Å². The summed E-state index contributed by atoms with van der Waals surface area (Å²) in [5, 5.41) is 9.73. The van der Waals surface area contributed by atoms with E-state index in [4.69, 9.17) is 12.2 Å². The summed E-state index contributed by atoms with van der Waals surface area (Å²) in [6.45, 7) is 6.94. The molecule has 284 valence electrons. The third kappa shape index (κ3) is 7.10. The number of fused-ring (bicyclic) bond motifs is 3. The van der Waals surface area contributed by atoms with Gasteiger partial charge in [0.2, 0.25) is 0 Å². The number of thiocarbonyl (C=S) groups is 1. The molecule has 0 spiro atoms. The van der Waals surface area contributed by atoms with Gasteiger partial charge in [-0.25, -0.2) is 0 Å². The van der Waals surface area contributed by atoms with E-state index in [-0.39, 0.29) is 17.9 Å². The molecule has 2 aliphatic heterocycles. The van der Waals surface area contributed by atoms with Crippen molar-refractivity contribution in [1.82, 2.24) is 9.88 Å². The standard InChI is InChI=1S/C46H43N3O4S3/c1-45(2,43(52)53)27-46(3,4)49-42(51)39(56-44(49)54)41-47-40(50)38(55-41)26-29-20-23-37-35(25-29)33-16-11-17-36(33)48(37)32-21-18-28(19-22-32)24-34(30-12-7-5-8-13-30)31-14-9-6-10-15-31/h5-10,12-15,18-26,33,36H,11,16-17,27H2,1-4H3,(H,47,50)(H,52,53)/b38-26+,41-39+. The lowest BCUT2D eigenvalue weighted by molar-refractivity contribution is -0.149. The lowest BCUT2D eigenvalue weighted by atomic mass is 9.79. The highest BCUT2D eigenvalue weighted by Crippen LogP contribution is 2.52. The van der Waals surface area contributed by atoms with Crippen LogP contribution in [0.1, 0.15) is 87.1 Å². The number of carbonyl (C=O) groups excluding carboxylic acids is 1. The highest BCUT2D eigenvalue weighted by molar-refractivity contribution is 8.30. The highest BCUT2D eigenvalue weighted by Gasteiger charge is 2.46. The lowest BCUT2D eigenvalue weighted by Gasteiger charge is -2.38. The van der Waals surface area contributed by atoms with Crippen molar-refractivity contribution in [3.05, 3.63) is 150 Å². The molecule has 1 amide bonds. The van der Waals surface area contributed by atoms with Crippen molar-refractivity contribution >= 4 is 85.5 Å². The molecule has 2 unspecified atom stereocenters. The van der Waals surface area contributed by atoms with Gasteiger partial charge in [-0.05, 0) is 117 Å². The molecule has 1 aromatic heterocycles. The molecule has 1 aliphatic carbocycles. The van der Waals surface area contributed by atoms with Crippen molar-refractivity contribution < 1.29 is 14.7 Å². The molecule has 5 aromatic rings. The molecular formula is C46H43N3O4S3. The second-order valence-corrected chi connectivity index (χ2v) is 18.8. The molecule has 8 rings (SSSR count). The van der Waals surface area contributed by atoms with Crippen molar-refractivity contribution in [2.24, 2.45) is 5.41 Å². The summed E-state index contributed by atoms with van der Waals surface area (Å²) >= 11 is 8.02. The Morgan fingerprint density at radius 2 is 1.54 bits per heavy atom. The van der Waals surface area contributed by atoms with E-state index in [0.717, 1.165) is 35.7 Å². The molecule has 4 aromatic carbocycles. The van der Waals surface area contributed by atoms with Crippen LogP contribution in [0.5, 0.6) is 0 Å². The maximum absolute atomic E-state index is 13.8. The number of aromatic amines is 1. The summed E-state index contributed by atoms with van der Waals surface area (Å²) in [6.07, 6.45) is 7.78. The van der Waals surface area contributed by atoms with Gasteiger partial charge in [-0.3, -0.25) is 19.3 Å². The van der Waals surface area contributed by atoms with Crippen LogP contribution in [0, 0.1) is 5.41 Å². The van der Waals surface area contributed by atoms with Gasteiger partial charge in [0.1, 0.15) is 13.9 Å². The minimum absolute atomic E-state index is 0.208. The predicted molar refractivity (Wildman–Crippen MR) is 234 cm³/mol. The molecule has 1 saturated heterocycles. The number of carboxylic acids is 1. The average molecular weight is 798 g/mol. The zero-order valence-electron chi connectivity index (χ0n) is 31.7. The number of anilines is 2. The largest absolute Gasteiger partial charge is 0.481 e. The first-order valence-electron chi connectivity index (χ1n) is 18.9. The first-order chi connectivity index (χ1) is 26.8. The van der Waals surface area contributed by atoms with E-state index >= 15 is 0 Å². The number of benzene rings is 4. The number of rotatable bonds is 9. The molecule has 56 heavy (non-hydrogen) atoms. The van der Waals surface area contributed by atoms with Crippen molar-refractivity contribution in [3.63, 3.8) is 0 Å². The Morgan fingerprint density at radius 3 is 2.18 bits per heavy atom. The smallest absolute Gasteiger partial charge is 0.309 e. The Kier molecular flexibility index (Phi) is 10.0. The van der Waals surface area contributed by atoms with E-state index in [1.165, 1.54) is 56.3 Å². The SMILES string of the molecule is CC(C)(CC(C)(C)N1C(=O)/C(=c2/[nH]c(=O)/c(=C\c3ccc4c(c3)C3CCCC3N4c3ccc(C=C(c4ccccc4)c4ccccc4)cc3)s2)SC1=S)C(=O)O. The Balaban J connectivity index is 1.08. The Morgan fingerprint density at radius 1 is 0.893 bits per heavy atom. The lowest BCUT2D eigenvalue weighted by Crippen LogP contribution is -2.50. The summed E-state index contributed by atoms with van der Waals surface area (Å²) in [5.74, 6) is -0.857. The highest BCUT2D eigenvalue weighted by atomic mass is 32.2. The van der Waals surface area contributed by atoms with E-state index in [0.29, 0.717) is 30.4 Å². The van der Waals surface area contributed by atoms with Crippen LogP contribution in [0.2, 0.25) is 0 Å². The van der Waals surface area contributed by atoms with E-state index < -0.39 is 16.9 Å². The van der Waals surface area contributed by atoms with Crippen LogP contribution in [-0.4, -0.2) is 42.8 Å². The number of carbonyl (C=O) groups is 2. The molecule has 10 heteroatoms. The summed E-state index contributed by atoms with van der Waals surface area (Å²) in [5.41, 5.74) is 7.13. The fourth-order valence-corrected chi connectivity index (χ4v) is 11.4. The molecule has 7 nitrogen and oxygen atoms in total. The number of H-pyrrole nitrogens is 1. The molecule has 0 bridgehead atoms. The van der Waals surface area contributed by atoms with Crippen LogP contribution < -0.4 is 19.7 Å². The fraction of sp³-hybridized carbons (Fsp3) is 0.261. The normalized spacial score (nSPS) is 19.4. The number of hydrogen-bond donors (Lipinski definition) is 2. The third-order valence-electron chi connectivity index (χ3n) is 11.2. The van der Waals surface area contributed by atoms with Crippen LogP contribution in [0.3, 0.4) is 0 Å². The monoisotopic (exact) mass is 797 g/mol. The van der Waals surface area contributed by atoms with Gasteiger partial charge in [0.05, 0.1) is 9.95 Å². The maximum atomic E-state index is 13.8. The minimum Gasteiger partial charge on any atom is -0.481 e. The quantitative estimate of drug-likeness (QED) is 0.114. The third-order valence-corrected chi connectivity index (χ3v) is 13.7. The number of thioether (sulfide) groups is 1. The maximum Gasteiger partial charge on any atom is 0.309 e. The van der Waals surface area contributed by atoms with Crippen molar-refractivity contribution in [2.45, 2.75) is 70.9 Å². The second kappa shape index (κ2) is 14.8. The number of amides is 1. The Bertz CT molecular complexity index is 2530. The van der Waals surface area contributed by atoms with Gasteiger partial charge >= 0.3 is 5.97 Å². The van der Waals surface area contributed by atoms with Gasteiger partial charge in [-0.1, -0.05) is 109 Å². The second-order valence-electron chi connectivity index (χ2n) is 16.1. The van der Waals surface area contributed by atoms with Crippen LogP contribution in [-0.2, 0) is 9.59 Å². The van der Waals surface area contributed by atoms with Crippen LogP contribution in [0.4, 0.5) is 11.4 Å². The number of hydrogen-bond acceptors (Lipinski definition) is 7. The molecule has 0 radical (unpaired) electrons. The zero-order chi connectivity index (χ0) is 39.4. The first kappa shape index (κ1) is 37.9. The number of thiazole rings is 1. The summed E-state index contributed by atoms with van der Waals surface area (Å²) < 4.78 is 1.30. The fourth-order valence-electron chi connectivity index (χ4n) is 8.73. The van der Waals surface area contributed by atoms with Gasteiger partial charge in [0.25, 0.3) is 11.5 Å². The summed E-state index contributed by atoms with van der Waals surface area (Å²) in [7, 11) is 0. The van der Waals surface area contributed by atoms with E-state index in [1.54, 1.807) is 13.8 Å². The topological polar surface area (TPSA) is 93.7 Å². The van der Waals surface area contributed by atoms with Crippen LogP contribution >= 0.6 is 35.3 Å². The minimum atomic E-state index is -1.06.